The Morgan fingerprint density at radius 1 is 1.25 bits per heavy atom. The summed E-state index contributed by atoms with van der Waals surface area (Å²) in [6.45, 7) is 6.68. The molecule has 4 nitrogen and oxygen atoms in total. The monoisotopic (exact) mass is 272 g/mol. The lowest BCUT2D eigenvalue weighted by Crippen LogP contribution is -2.06. The number of ketones is 1. The van der Waals surface area contributed by atoms with Crippen molar-refractivity contribution in [3.8, 4) is 5.75 Å². The third kappa shape index (κ3) is 3.47. The van der Waals surface area contributed by atoms with E-state index in [4.69, 9.17) is 4.74 Å². The smallest absolute Gasteiger partial charge is 0.168 e. The summed E-state index contributed by atoms with van der Waals surface area (Å²) < 4.78 is 7.22. The third-order valence-electron chi connectivity index (χ3n) is 3.02. The maximum atomic E-state index is 12.2. The first-order chi connectivity index (χ1) is 9.60. The van der Waals surface area contributed by atoms with Crippen molar-refractivity contribution in [1.82, 2.24) is 9.78 Å². The molecule has 20 heavy (non-hydrogen) atoms. The number of carbonyl (C=O) groups is 1. The van der Waals surface area contributed by atoms with E-state index in [1.54, 1.807) is 12.1 Å². The average Bonchev–Trinajstić information content (AvgIpc) is 2.88. The van der Waals surface area contributed by atoms with Crippen LogP contribution in [0.25, 0.3) is 0 Å². The highest BCUT2D eigenvalue weighted by atomic mass is 16.5. The van der Waals surface area contributed by atoms with Gasteiger partial charge in [0, 0.05) is 17.8 Å². The van der Waals surface area contributed by atoms with Crippen molar-refractivity contribution in [2.45, 2.75) is 33.2 Å². The van der Waals surface area contributed by atoms with Crippen LogP contribution in [-0.2, 0) is 6.42 Å². The molecular formula is C16H20N2O2. The lowest BCUT2D eigenvalue weighted by Gasteiger charge is -2.05. The molecule has 0 aliphatic rings. The molecule has 1 heterocycles. The first kappa shape index (κ1) is 14.3. The van der Waals surface area contributed by atoms with Crippen molar-refractivity contribution in [3.63, 3.8) is 0 Å². The SMILES string of the molecule is CCOc1ccc(C(=O)Cc2ccn(C(C)C)n2)cc1. The minimum Gasteiger partial charge on any atom is -0.494 e. The standard InChI is InChI=1S/C16H20N2O2/c1-4-20-15-7-5-13(6-8-15)16(19)11-14-9-10-18(17-14)12(2)3/h5-10,12H,4,11H2,1-3H3. The van der Waals surface area contributed by atoms with E-state index >= 15 is 0 Å². The molecule has 0 saturated heterocycles. The zero-order valence-corrected chi connectivity index (χ0v) is 12.2. The molecule has 0 aliphatic heterocycles. The molecule has 1 aromatic carbocycles. The summed E-state index contributed by atoms with van der Waals surface area (Å²) in [5.41, 5.74) is 1.49. The molecule has 0 bridgehead atoms. The Hall–Kier alpha value is -2.10. The second-order valence-corrected chi connectivity index (χ2v) is 4.94. The minimum atomic E-state index is 0.0713. The highest BCUT2D eigenvalue weighted by molar-refractivity contribution is 5.97. The second kappa shape index (κ2) is 6.37. The summed E-state index contributed by atoms with van der Waals surface area (Å²) in [5.74, 6) is 0.857. The summed E-state index contributed by atoms with van der Waals surface area (Å²) in [4.78, 5) is 12.2. The average molecular weight is 272 g/mol. The van der Waals surface area contributed by atoms with Crippen molar-refractivity contribution < 1.29 is 9.53 Å². The Labute approximate surface area is 119 Å². The van der Waals surface area contributed by atoms with Gasteiger partial charge in [-0.3, -0.25) is 9.48 Å². The van der Waals surface area contributed by atoms with Crippen LogP contribution in [-0.4, -0.2) is 22.2 Å². The van der Waals surface area contributed by atoms with Crippen LogP contribution in [0.3, 0.4) is 0 Å². The van der Waals surface area contributed by atoms with Crippen LogP contribution in [0.4, 0.5) is 0 Å². The fraction of sp³-hybridized carbons (Fsp3) is 0.375. The number of aromatic nitrogens is 2. The first-order valence-electron chi connectivity index (χ1n) is 6.90. The lowest BCUT2D eigenvalue weighted by molar-refractivity contribution is 0.0991. The van der Waals surface area contributed by atoms with Crippen LogP contribution in [0.5, 0.6) is 5.75 Å². The Balaban J connectivity index is 2.03. The van der Waals surface area contributed by atoms with E-state index < -0.39 is 0 Å². The van der Waals surface area contributed by atoms with Crippen molar-refractivity contribution in [2.75, 3.05) is 6.61 Å². The van der Waals surface area contributed by atoms with E-state index in [9.17, 15) is 4.79 Å². The van der Waals surface area contributed by atoms with Crippen LogP contribution in [0.2, 0.25) is 0 Å². The zero-order chi connectivity index (χ0) is 14.5. The number of ether oxygens (including phenoxy) is 1. The molecular weight excluding hydrogens is 252 g/mol. The second-order valence-electron chi connectivity index (χ2n) is 4.94. The predicted molar refractivity (Wildman–Crippen MR) is 78.3 cm³/mol. The van der Waals surface area contributed by atoms with Gasteiger partial charge in [-0.15, -0.1) is 0 Å². The molecule has 0 amide bonds. The van der Waals surface area contributed by atoms with Gasteiger partial charge < -0.3 is 4.74 Å². The van der Waals surface area contributed by atoms with Gasteiger partial charge in [0.1, 0.15) is 5.75 Å². The quantitative estimate of drug-likeness (QED) is 0.758. The maximum Gasteiger partial charge on any atom is 0.168 e. The van der Waals surface area contributed by atoms with Crippen LogP contribution < -0.4 is 4.74 Å². The van der Waals surface area contributed by atoms with Gasteiger partial charge in [-0.25, -0.2) is 0 Å². The van der Waals surface area contributed by atoms with Crippen LogP contribution in [0, 0.1) is 0 Å². The lowest BCUT2D eigenvalue weighted by atomic mass is 10.1. The van der Waals surface area contributed by atoms with Gasteiger partial charge in [-0.1, -0.05) is 0 Å². The molecule has 4 heteroatoms. The third-order valence-corrected chi connectivity index (χ3v) is 3.02. The van der Waals surface area contributed by atoms with E-state index in [2.05, 4.69) is 18.9 Å². The minimum absolute atomic E-state index is 0.0713. The van der Waals surface area contributed by atoms with Crippen LogP contribution >= 0.6 is 0 Å². The Morgan fingerprint density at radius 3 is 2.50 bits per heavy atom. The number of hydrogen-bond acceptors (Lipinski definition) is 3. The number of Topliss-reactive ketones (excluding diaryl/α,β-unsaturated/α-hetero) is 1. The van der Waals surface area contributed by atoms with E-state index in [-0.39, 0.29) is 5.78 Å². The molecule has 0 fully saturated rings. The summed E-state index contributed by atoms with van der Waals surface area (Å²) in [6, 6.07) is 9.45. The Bertz CT molecular complexity index is 570. The summed E-state index contributed by atoms with van der Waals surface area (Å²) in [6.07, 6.45) is 2.24. The normalized spacial score (nSPS) is 10.8. The molecule has 0 atom stereocenters. The molecule has 0 N–H and O–H groups in total. The summed E-state index contributed by atoms with van der Waals surface area (Å²) in [7, 11) is 0. The molecule has 0 radical (unpaired) electrons. The molecule has 1 aromatic heterocycles. The molecule has 0 spiro atoms. The van der Waals surface area contributed by atoms with Gasteiger partial charge in [0.15, 0.2) is 5.78 Å². The summed E-state index contributed by atoms with van der Waals surface area (Å²) >= 11 is 0. The van der Waals surface area contributed by atoms with Crippen molar-refractivity contribution in [3.05, 3.63) is 47.8 Å². The van der Waals surface area contributed by atoms with Crippen molar-refractivity contribution >= 4 is 5.78 Å². The van der Waals surface area contributed by atoms with Crippen LogP contribution in [0.1, 0.15) is 42.9 Å². The van der Waals surface area contributed by atoms with Gasteiger partial charge in [-0.05, 0) is 51.1 Å². The van der Waals surface area contributed by atoms with E-state index in [0.717, 1.165) is 11.4 Å². The maximum absolute atomic E-state index is 12.2. The topological polar surface area (TPSA) is 44.1 Å². The largest absolute Gasteiger partial charge is 0.494 e. The molecule has 2 rings (SSSR count). The van der Waals surface area contributed by atoms with E-state index in [0.29, 0.717) is 24.6 Å². The molecule has 0 aliphatic carbocycles. The summed E-state index contributed by atoms with van der Waals surface area (Å²) in [5, 5.41) is 4.39. The van der Waals surface area contributed by atoms with Gasteiger partial charge in [0.05, 0.1) is 18.7 Å². The number of hydrogen-bond donors (Lipinski definition) is 0. The fourth-order valence-electron chi connectivity index (χ4n) is 1.93. The zero-order valence-electron chi connectivity index (χ0n) is 12.2. The molecule has 0 saturated carbocycles. The van der Waals surface area contributed by atoms with Crippen molar-refractivity contribution in [1.29, 1.82) is 0 Å². The van der Waals surface area contributed by atoms with Gasteiger partial charge in [-0.2, -0.15) is 5.10 Å². The van der Waals surface area contributed by atoms with E-state index in [1.807, 2.05) is 36.0 Å². The van der Waals surface area contributed by atoms with Crippen molar-refractivity contribution in [2.24, 2.45) is 0 Å². The number of benzene rings is 1. The number of rotatable bonds is 6. The van der Waals surface area contributed by atoms with Gasteiger partial charge in [0.25, 0.3) is 0 Å². The van der Waals surface area contributed by atoms with E-state index in [1.165, 1.54) is 0 Å². The number of nitrogens with zero attached hydrogens (tertiary/aromatic N) is 2. The van der Waals surface area contributed by atoms with Crippen LogP contribution in [0.15, 0.2) is 36.5 Å². The molecule has 0 unspecified atom stereocenters. The fourth-order valence-corrected chi connectivity index (χ4v) is 1.93. The number of carbonyl (C=O) groups excluding carboxylic acids is 1. The van der Waals surface area contributed by atoms with Gasteiger partial charge in [0.2, 0.25) is 0 Å². The van der Waals surface area contributed by atoms with Gasteiger partial charge >= 0.3 is 0 Å². The highest BCUT2D eigenvalue weighted by Crippen LogP contribution is 2.14. The predicted octanol–water partition coefficient (Wildman–Crippen LogP) is 3.29. The molecule has 106 valence electrons. The first-order valence-corrected chi connectivity index (χ1v) is 6.90. The Morgan fingerprint density at radius 2 is 1.95 bits per heavy atom. The Kier molecular flexibility index (Phi) is 4.56. The highest BCUT2D eigenvalue weighted by Gasteiger charge is 2.10. The molecule has 2 aromatic rings.